The number of hydrogen-bond donors (Lipinski definition) is 1. The lowest BCUT2D eigenvalue weighted by molar-refractivity contribution is 0.209. The molecular weight excluding hydrogens is 303 g/mol. The molecule has 2 aromatic carbocycles. The summed E-state index contributed by atoms with van der Waals surface area (Å²) in [5.41, 5.74) is 1.46. The minimum atomic E-state index is -0.433. The van der Waals surface area contributed by atoms with Crippen molar-refractivity contribution in [3.05, 3.63) is 64.9 Å². The molecule has 0 saturated carbocycles. The maximum atomic E-state index is 13.0. The van der Waals surface area contributed by atoms with E-state index in [1.54, 1.807) is 4.90 Å². The van der Waals surface area contributed by atoms with Crippen LogP contribution in [0.1, 0.15) is 18.9 Å². The largest absolute Gasteiger partial charge is 0.322 e. The fraction of sp³-hybridized carbons (Fsp3) is 0.235. The number of carbonyl (C=O) groups excluding carboxylic acids is 1. The Bertz CT molecular complexity index is 634. The van der Waals surface area contributed by atoms with E-state index in [0.717, 1.165) is 12.0 Å². The molecule has 0 fully saturated rings. The lowest BCUT2D eigenvalue weighted by atomic mass is 10.2. The molecule has 0 aliphatic rings. The summed E-state index contributed by atoms with van der Waals surface area (Å²) in [6.45, 7) is 3.15. The van der Waals surface area contributed by atoms with E-state index in [2.05, 4.69) is 5.32 Å². The second kappa shape index (κ2) is 7.80. The molecule has 0 spiro atoms. The molecule has 0 aliphatic heterocycles. The van der Waals surface area contributed by atoms with Gasteiger partial charge in [-0.2, -0.15) is 0 Å². The van der Waals surface area contributed by atoms with Crippen molar-refractivity contribution in [1.82, 2.24) is 4.90 Å². The third-order valence-electron chi connectivity index (χ3n) is 3.17. The maximum absolute atomic E-state index is 13.0. The molecule has 22 heavy (non-hydrogen) atoms. The van der Waals surface area contributed by atoms with Gasteiger partial charge >= 0.3 is 6.03 Å². The lowest BCUT2D eigenvalue weighted by Crippen LogP contribution is -2.35. The molecule has 0 radical (unpaired) electrons. The van der Waals surface area contributed by atoms with E-state index >= 15 is 0 Å². The number of halogens is 2. The lowest BCUT2D eigenvalue weighted by Gasteiger charge is -2.23. The molecule has 0 heterocycles. The van der Waals surface area contributed by atoms with Crippen LogP contribution in [0.25, 0.3) is 0 Å². The first-order valence-corrected chi connectivity index (χ1v) is 7.53. The number of urea groups is 1. The highest BCUT2D eigenvalue weighted by Gasteiger charge is 2.14. The third kappa shape index (κ3) is 4.46. The molecular formula is C17H18ClFN2O. The molecule has 1 N–H and O–H groups in total. The van der Waals surface area contributed by atoms with E-state index in [4.69, 9.17) is 11.6 Å². The van der Waals surface area contributed by atoms with Crippen LogP contribution in [-0.4, -0.2) is 17.5 Å². The molecule has 2 rings (SSSR count). The van der Waals surface area contributed by atoms with Crippen molar-refractivity contribution in [3.8, 4) is 0 Å². The summed E-state index contributed by atoms with van der Waals surface area (Å²) < 4.78 is 13.0. The average molecular weight is 321 g/mol. The minimum Gasteiger partial charge on any atom is -0.320 e. The number of rotatable bonds is 5. The quantitative estimate of drug-likeness (QED) is 0.833. The summed E-state index contributed by atoms with van der Waals surface area (Å²) in [5.74, 6) is -0.433. The Kier molecular flexibility index (Phi) is 5.78. The fourth-order valence-corrected chi connectivity index (χ4v) is 2.33. The minimum absolute atomic E-state index is 0.185. The van der Waals surface area contributed by atoms with E-state index in [1.807, 2.05) is 37.3 Å². The number of nitrogens with zero attached hydrogens (tertiary/aromatic N) is 1. The third-order valence-corrected chi connectivity index (χ3v) is 3.48. The Hall–Kier alpha value is -2.07. The van der Waals surface area contributed by atoms with Gasteiger partial charge in [-0.25, -0.2) is 9.18 Å². The van der Waals surface area contributed by atoms with E-state index in [0.29, 0.717) is 18.8 Å². The molecule has 5 heteroatoms. The number of anilines is 1. The maximum Gasteiger partial charge on any atom is 0.322 e. The number of amides is 2. The summed E-state index contributed by atoms with van der Waals surface area (Å²) in [6.07, 6.45) is 0.845. The number of hydrogen-bond acceptors (Lipinski definition) is 1. The van der Waals surface area contributed by atoms with Gasteiger partial charge in [0.05, 0.1) is 10.7 Å². The van der Waals surface area contributed by atoms with Crippen LogP contribution in [0.4, 0.5) is 14.9 Å². The van der Waals surface area contributed by atoms with Crippen molar-refractivity contribution in [2.75, 3.05) is 11.9 Å². The first-order chi connectivity index (χ1) is 10.6. The normalized spacial score (nSPS) is 10.3. The van der Waals surface area contributed by atoms with Gasteiger partial charge in [0.15, 0.2) is 0 Å². The van der Waals surface area contributed by atoms with Gasteiger partial charge < -0.3 is 10.2 Å². The molecule has 116 valence electrons. The Balaban J connectivity index is 2.09. The Morgan fingerprint density at radius 2 is 1.95 bits per heavy atom. The topological polar surface area (TPSA) is 32.3 Å². The zero-order chi connectivity index (χ0) is 15.9. The summed E-state index contributed by atoms with van der Waals surface area (Å²) in [5, 5.41) is 2.92. The van der Waals surface area contributed by atoms with Gasteiger partial charge in [-0.15, -0.1) is 0 Å². The number of nitrogens with one attached hydrogen (secondary N) is 1. The molecule has 2 amide bonds. The molecule has 2 aromatic rings. The van der Waals surface area contributed by atoms with Crippen LogP contribution >= 0.6 is 11.6 Å². The Labute approximate surface area is 134 Å². The van der Waals surface area contributed by atoms with Crippen LogP contribution in [0.2, 0.25) is 5.02 Å². The highest BCUT2D eigenvalue weighted by Crippen LogP contribution is 2.23. The number of carbonyl (C=O) groups is 1. The highest BCUT2D eigenvalue weighted by atomic mass is 35.5. The van der Waals surface area contributed by atoms with Crippen molar-refractivity contribution in [2.45, 2.75) is 19.9 Å². The van der Waals surface area contributed by atoms with E-state index in [-0.39, 0.29) is 11.1 Å². The van der Waals surface area contributed by atoms with Crippen molar-refractivity contribution >= 4 is 23.3 Å². The van der Waals surface area contributed by atoms with E-state index in [9.17, 15) is 9.18 Å². The molecule has 0 unspecified atom stereocenters. The fourth-order valence-electron chi connectivity index (χ4n) is 2.11. The van der Waals surface area contributed by atoms with Gasteiger partial charge in [-0.1, -0.05) is 48.9 Å². The Morgan fingerprint density at radius 3 is 2.59 bits per heavy atom. The SMILES string of the molecule is CCCN(Cc1ccccc1)C(=O)Nc1ccc(F)cc1Cl. The summed E-state index contributed by atoms with van der Waals surface area (Å²) in [4.78, 5) is 14.1. The highest BCUT2D eigenvalue weighted by molar-refractivity contribution is 6.33. The van der Waals surface area contributed by atoms with Crippen molar-refractivity contribution in [1.29, 1.82) is 0 Å². The van der Waals surface area contributed by atoms with Crippen LogP contribution < -0.4 is 5.32 Å². The van der Waals surface area contributed by atoms with E-state index < -0.39 is 5.82 Å². The molecule has 0 aromatic heterocycles. The van der Waals surface area contributed by atoms with Crippen LogP contribution in [0.15, 0.2) is 48.5 Å². The zero-order valence-electron chi connectivity index (χ0n) is 12.4. The standard InChI is InChI=1S/C17H18ClFN2O/c1-2-10-21(12-13-6-4-3-5-7-13)17(22)20-16-9-8-14(19)11-15(16)18/h3-9,11H,2,10,12H2,1H3,(H,20,22). The van der Waals surface area contributed by atoms with Crippen molar-refractivity contribution in [2.24, 2.45) is 0 Å². The predicted molar refractivity (Wildman–Crippen MR) is 87.6 cm³/mol. The van der Waals surface area contributed by atoms with Gasteiger partial charge in [-0.3, -0.25) is 0 Å². The van der Waals surface area contributed by atoms with Gasteiger partial charge in [0.25, 0.3) is 0 Å². The molecule has 3 nitrogen and oxygen atoms in total. The summed E-state index contributed by atoms with van der Waals surface area (Å²) in [6, 6.07) is 13.4. The number of benzene rings is 2. The summed E-state index contributed by atoms with van der Waals surface area (Å²) in [7, 11) is 0. The second-order valence-corrected chi connectivity index (χ2v) is 5.37. The predicted octanol–water partition coefficient (Wildman–Crippen LogP) is 4.92. The zero-order valence-corrected chi connectivity index (χ0v) is 13.1. The first-order valence-electron chi connectivity index (χ1n) is 7.15. The van der Waals surface area contributed by atoms with Crippen LogP contribution in [0, 0.1) is 5.82 Å². The molecule has 0 atom stereocenters. The molecule has 0 bridgehead atoms. The van der Waals surface area contributed by atoms with Gasteiger partial charge in [0, 0.05) is 13.1 Å². The van der Waals surface area contributed by atoms with Crippen LogP contribution in [-0.2, 0) is 6.54 Å². The monoisotopic (exact) mass is 320 g/mol. The smallest absolute Gasteiger partial charge is 0.320 e. The van der Waals surface area contributed by atoms with Crippen molar-refractivity contribution < 1.29 is 9.18 Å². The Morgan fingerprint density at radius 1 is 1.23 bits per heavy atom. The van der Waals surface area contributed by atoms with Crippen molar-refractivity contribution in [3.63, 3.8) is 0 Å². The van der Waals surface area contributed by atoms with Gasteiger partial charge in [0.2, 0.25) is 0 Å². The van der Waals surface area contributed by atoms with E-state index in [1.165, 1.54) is 18.2 Å². The second-order valence-electron chi connectivity index (χ2n) is 4.96. The van der Waals surface area contributed by atoms with Gasteiger partial charge in [0.1, 0.15) is 5.82 Å². The van der Waals surface area contributed by atoms with Gasteiger partial charge in [-0.05, 0) is 30.2 Å². The molecule has 0 aliphatic carbocycles. The average Bonchev–Trinajstić information content (AvgIpc) is 2.50. The molecule has 0 saturated heterocycles. The van der Waals surface area contributed by atoms with Crippen LogP contribution in [0.5, 0.6) is 0 Å². The van der Waals surface area contributed by atoms with Crippen LogP contribution in [0.3, 0.4) is 0 Å². The first kappa shape index (κ1) is 16.3. The summed E-state index contributed by atoms with van der Waals surface area (Å²) >= 11 is 5.94.